The molecule has 0 radical (unpaired) electrons. The molecule has 0 N–H and O–H groups in total. The lowest BCUT2D eigenvalue weighted by Gasteiger charge is -2.06. The van der Waals surface area contributed by atoms with Gasteiger partial charge in [0.25, 0.3) is 0 Å². The van der Waals surface area contributed by atoms with Gasteiger partial charge in [-0.3, -0.25) is 4.79 Å². The molecule has 98 valence electrons. The maximum absolute atomic E-state index is 11.4. The molecule has 0 atom stereocenters. The van der Waals surface area contributed by atoms with E-state index in [4.69, 9.17) is 11.6 Å². The predicted molar refractivity (Wildman–Crippen MR) is 69.5 cm³/mol. The second kappa shape index (κ2) is 5.67. The van der Waals surface area contributed by atoms with Crippen molar-refractivity contribution in [2.24, 2.45) is 0 Å². The van der Waals surface area contributed by atoms with Gasteiger partial charge in [0.15, 0.2) is 6.29 Å². The highest BCUT2D eigenvalue weighted by Gasteiger charge is 2.11. The number of aromatic nitrogens is 2. The van der Waals surface area contributed by atoms with E-state index in [0.29, 0.717) is 29.1 Å². The first-order valence-electron chi connectivity index (χ1n) is 5.47. The van der Waals surface area contributed by atoms with Gasteiger partial charge in [-0.1, -0.05) is 17.7 Å². The molecule has 0 unspecified atom stereocenters. The average molecular weight is 279 g/mol. The van der Waals surface area contributed by atoms with Crippen LogP contribution >= 0.6 is 11.6 Å². The Bertz CT molecular complexity index is 622. The molecule has 0 saturated carbocycles. The number of nitrogens with zero attached hydrogens (tertiary/aromatic N) is 2. The van der Waals surface area contributed by atoms with Crippen LogP contribution < -0.4 is 0 Å². The van der Waals surface area contributed by atoms with Gasteiger partial charge in [-0.2, -0.15) is 0 Å². The normalized spacial score (nSPS) is 10.2. The van der Waals surface area contributed by atoms with E-state index >= 15 is 0 Å². The molecule has 0 spiro atoms. The number of carbonyl (C=O) groups excluding carboxylic acids is 2. The summed E-state index contributed by atoms with van der Waals surface area (Å²) in [6.45, 7) is 0.516. The Morgan fingerprint density at radius 1 is 1.53 bits per heavy atom. The van der Waals surface area contributed by atoms with Crippen molar-refractivity contribution < 1.29 is 14.3 Å². The van der Waals surface area contributed by atoms with Gasteiger partial charge < -0.3 is 9.30 Å². The third kappa shape index (κ3) is 3.00. The number of carbonyl (C=O) groups is 2. The zero-order valence-electron chi connectivity index (χ0n) is 10.2. The summed E-state index contributed by atoms with van der Waals surface area (Å²) in [4.78, 5) is 25.8. The van der Waals surface area contributed by atoms with Crippen LogP contribution in [0.5, 0.6) is 0 Å². The lowest BCUT2D eigenvalue weighted by atomic mass is 10.1. The Labute approximate surface area is 114 Å². The standard InChI is InChI=1S/C13H11ClN2O3/c1-19-13(18)11-3-2-9(4-12(11)14)5-16-6-10(7-17)15-8-16/h2-4,6-8H,5H2,1H3. The molecule has 5 nitrogen and oxygen atoms in total. The number of imidazole rings is 1. The summed E-state index contributed by atoms with van der Waals surface area (Å²) in [5.41, 5.74) is 1.59. The smallest absolute Gasteiger partial charge is 0.339 e. The SMILES string of the molecule is COC(=O)c1ccc(Cn2cnc(C=O)c2)cc1Cl. The minimum atomic E-state index is -0.470. The average Bonchev–Trinajstić information content (AvgIpc) is 2.86. The molecule has 0 bridgehead atoms. The minimum Gasteiger partial charge on any atom is -0.465 e. The molecule has 6 heteroatoms. The maximum Gasteiger partial charge on any atom is 0.339 e. The van der Waals surface area contributed by atoms with Gasteiger partial charge in [-0.05, 0) is 17.7 Å². The van der Waals surface area contributed by atoms with Crippen molar-refractivity contribution in [3.8, 4) is 0 Å². The summed E-state index contributed by atoms with van der Waals surface area (Å²) in [5, 5.41) is 0.333. The second-order valence-electron chi connectivity index (χ2n) is 3.89. The number of hydrogen-bond acceptors (Lipinski definition) is 4. The Kier molecular flexibility index (Phi) is 3.97. The van der Waals surface area contributed by atoms with E-state index < -0.39 is 5.97 Å². The third-order valence-corrected chi connectivity index (χ3v) is 2.89. The number of hydrogen-bond donors (Lipinski definition) is 0. The zero-order chi connectivity index (χ0) is 13.8. The number of rotatable bonds is 4. The minimum absolute atomic E-state index is 0.326. The van der Waals surface area contributed by atoms with Crippen LogP contribution in [0.4, 0.5) is 0 Å². The van der Waals surface area contributed by atoms with Crippen LogP contribution in [0.15, 0.2) is 30.7 Å². The number of ether oxygens (including phenoxy) is 1. The predicted octanol–water partition coefficient (Wildman–Crippen LogP) is 2.18. The van der Waals surface area contributed by atoms with Crippen LogP contribution in [-0.4, -0.2) is 28.9 Å². The first-order chi connectivity index (χ1) is 9.13. The fraction of sp³-hybridized carbons (Fsp3) is 0.154. The largest absolute Gasteiger partial charge is 0.465 e. The Morgan fingerprint density at radius 3 is 2.89 bits per heavy atom. The Morgan fingerprint density at radius 2 is 2.32 bits per heavy atom. The Balaban J connectivity index is 2.20. The summed E-state index contributed by atoms with van der Waals surface area (Å²) in [5.74, 6) is -0.470. The van der Waals surface area contributed by atoms with E-state index in [-0.39, 0.29) is 0 Å². The van der Waals surface area contributed by atoms with E-state index in [1.807, 2.05) is 0 Å². The molecule has 2 rings (SSSR count). The van der Waals surface area contributed by atoms with Gasteiger partial charge in [0.2, 0.25) is 0 Å². The molecule has 1 heterocycles. The van der Waals surface area contributed by atoms with Crippen molar-refractivity contribution in [3.63, 3.8) is 0 Å². The van der Waals surface area contributed by atoms with E-state index in [1.165, 1.54) is 7.11 Å². The Hall–Kier alpha value is -2.14. The fourth-order valence-electron chi connectivity index (χ4n) is 1.67. The fourth-order valence-corrected chi connectivity index (χ4v) is 1.95. The molecule has 0 fully saturated rings. The summed E-state index contributed by atoms with van der Waals surface area (Å²) in [7, 11) is 1.30. The zero-order valence-corrected chi connectivity index (χ0v) is 10.9. The quantitative estimate of drug-likeness (QED) is 0.635. The molecule has 0 saturated heterocycles. The number of esters is 1. The monoisotopic (exact) mass is 278 g/mol. The number of aldehydes is 1. The number of benzene rings is 1. The van der Waals surface area contributed by atoms with E-state index in [9.17, 15) is 9.59 Å². The van der Waals surface area contributed by atoms with Crippen molar-refractivity contribution >= 4 is 23.9 Å². The van der Waals surface area contributed by atoms with Crippen LogP contribution in [-0.2, 0) is 11.3 Å². The molecular weight excluding hydrogens is 268 g/mol. The maximum atomic E-state index is 11.4. The molecule has 0 aliphatic rings. The van der Waals surface area contributed by atoms with E-state index in [1.54, 1.807) is 35.3 Å². The summed E-state index contributed by atoms with van der Waals surface area (Å²) >= 11 is 6.02. The molecule has 0 aliphatic heterocycles. The lowest BCUT2D eigenvalue weighted by Crippen LogP contribution is -2.03. The van der Waals surface area contributed by atoms with Crippen LogP contribution in [0.25, 0.3) is 0 Å². The van der Waals surface area contributed by atoms with E-state index in [0.717, 1.165) is 5.56 Å². The highest BCUT2D eigenvalue weighted by Crippen LogP contribution is 2.19. The number of halogens is 1. The van der Waals surface area contributed by atoms with Crippen LogP contribution in [0, 0.1) is 0 Å². The van der Waals surface area contributed by atoms with Gasteiger partial charge in [-0.25, -0.2) is 9.78 Å². The molecule has 1 aromatic heterocycles. The number of methoxy groups -OCH3 is 1. The lowest BCUT2D eigenvalue weighted by molar-refractivity contribution is 0.0601. The van der Waals surface area contributed by atoms with Gasteiger partial charge in [0, 0.05) is 12.7 Å². The van der Waals surface area contributed by atoms with Crippen molar-refractivity contribution in [2.75, 3.05) is 7.11 Å². The van der Waals surface area contributed by atoms with Crippen molar-refractivity contribution in [1.82, 2.24) is 9.55 Å². The van der Waals surface area contributed by atoms with Crippen LogP contribution in [0.2, 0.25) is 5.02 Å². The van der Waals surface area contributed by atoms with Gasteiger partial charge in [0.1, 0.15) is 5.69 Å². The topological polar surface area (TPSA) is 61.2 Å². The first kappa shape index (κ1) is 13.3. The van der Waals surface area contributed by atoms with Crippen molar-refractivity contribution in [3.05, 3.63) is 52.6 Å². The van der Waals surface area contributed by atoms with Gasteiger partial charge in [-0.15, -0.1) is 0 Å². The highest BCUT2D eigenvalue weighted by molar-refractivity contribution is 6.33. The molecule has 19 heavy (non-hydrogen) atoms. The molecule has 2 aromatic rings. The molecular formula is C13H11ClN2O3. The summed E-state index contributed by atoms with van der Waals surface area (Å²) in [6, 6.07) is 5.08. The first-order valence-corrected chi connectivity index (χ1v) is 5.85. The highest BCUT2D eigenvalue weighted by atomic mass is 35.5. The molecule has 0 aliphatic carbocycles. The van der Waals surface area contributed by atoms with Crippen LogP contribution in [0.3, 0.4) is 0 Å². The van der Waals surface area contributed by atoms with Crippen LogP contribution in [0.1, 0.15) is 26.4 Å². The summed E-state index contributed by atoms with van der Waals surface area (Å²) in [6.07, 6.45) is 3.88. The van der Waals surface area contributed by atoms with Crippen molar-refractivity contribution in [2.45, 2.75) is 6.54 Å². The second-order valence-corrected chi connectivity index (χ2v) is 4.30. The third-order valence-electron chi connectivity index (χ3n) is 2.58. The molecule has 0 amide bonds. The van der Waals surface area contributed by atoms with Crippen molar-refractivity contribution in [1.29, 1.82) is 0 Å². The van der Waals surface area contributed by atoms with Gasteiger partial charge in [0.05, 0.1) is 24.0 Å². The summed E-state index contributed by atoms with van der Waals surface area (Å²) < 4.78 is 6.37. The van der Waals surface area contributed by atoms with Gasteiger partial charge >= 0.3 is 5.97 Å². The van der Waals surface area contributed by atoms with E-state index in [2.05, 4.69) is 9.72 Å². The molecule has 1 aromatic carbocycles.